The molecule has 7 heteroatoms. The van der Waals surface area contributed by atoms with Gasteiger partial charge in [0.05, 0.1) is 0 Å². The van der Waals surface area contributed by atoms with Crippen LogP contribution >= 0.6 is 24.4 Å². The van der Waals surface area contributed by atoms with E-state index in [1.54, 1.807) is 0 Å². The molecular formula is C14H28CaN2S4. The second kappa shape index (κ2) is 19.5. The van der Waals surface area contributed by atoms with Gasteiger partial charge in [-0.25, -0.2) is 0 Å². The SMILES string of the molecule is CCCN(CCC)C(=S)[S-].CCCN(CCC)C(=S)[S-].[Ca+2]. The molecule has 2 nitrogen and oxygen atoms in total. The molecule has 120 valence electrons. The first-order valence-electron chi connectivity index (χ1n) is 7.36. The number of hydrogen-bond acceptors (Lipinski definition) is 4. The van der Waals surface area contributed by atoms with Gasteiger partial charge in [-0.05, 0) is 25.7 Å². The Labute approximate surface area is 183 Å². The van der Waals surface area contributed by atoms with Crippen LogP contribution in [0.15, 0.2) is 0 Å². The molecule has 0 amide bonds. The van der Waals surface area contributed by atoms with Crippen LogP contribution in [0.2, 0.25) is 0 Å². The molecule has 0 bridgehead atoms. The van der Waals surface area contributed by atoms with Crippen molar-refractivity contribution in [2.45, 2.75) is 53.4 Å². The van der Waals surface area contributed by atoms with E-state index in [0.29, 0.717) is 8.64 Å². The van der Waals surface area contributed by atoms with Crippen LogP contribution in [0.5, 0.6) is 0 Å². The largest absolute Gasteiger partial charge is 2.00 e. The monoisotopic (exact) mass is 392 g/mol. The molecule has 0 aliphatic carbocycles. The van der Waals surface area contributed by atoms with E-state index in [4.69, 9.17) is 49.7 Å². The molecule has 0 aliphatic heterocycles. The Morgan fingerprint density at radius 3 is 0.952 bits per heavy atom. The van der Waals surface area contributed by atoms with E-state index in [1.165, 1.54) is 0 Å². The Balaban J connectivity index is -0.000000295. The second-order valence-electron chi connectivity index (χ2n) is 4.51. The van der Waals surface area contributed by atoms with Crippen molar-refractivity contribution in [1.82, 2.24) is 9.80 Å². The number of hydrogen-bond donors (Lipinski definition) is 0. The summed E-state index contributed by atoms with van der Waals surface area (Å²) < 4.78 is 1.23. The average molecular weight is 393 g/mol. The Morgan fingerprint density at radius 1 is 0.667 bits per heavy atom. The van der Waals surface area contributed by atoms with E-state index in [2.05, 4.69) is 37.5 Å². The topological polar surface area (TPSA) is 6.48 Å². The number of nitrogens with zero attached hydrogens (tertiary/aromatic N) is 2. The van der Waals surface area contributed by atoms with Gasteiger partial charge in [0.1, 0.15) is 0 Å². The van der Waals surface area contributed by atoms with Crippen LogP contribution in [0, 0.1) is 0 Å². The first-order chi connectivity index (χ1) is 9.44. The van der Waals surface area contributed by atoms with Gasteiger partial charge in [-0.2, -0.15) is 0 Å². The van der Waals surface area contributed by atoms with E-state index in [-0.39, 0.29) is 37.7 Å². The minimum atomic E-state index is 0. The molecule has 0 unspecified atom stereocenters. The molecule has 0 aromatic rings. The van der Waals surface area contributed by atoms with E-state index in [1.807, 2.05) is 0 Å². The summed E-state index contributed by atoms with van der Waals surface area (Å²) >= 11 is 19.6. The predicted molar refractivity (Wildman–Crippen MR) is 110 cm³/mol. The zero-order valence-corrected chi connectivity index (χ0v) is 19.4. The first kappa shape index (κ1) is 27.3. The Morgan fingerprint density at radius 2 is 0.857 bits per heavy atom. The van der Waals surface area contributed by atoms with Crippen LogP contribution < -0.4 is 0 Å². The molecule has 21 heavy (non-hydrogen) atoms. The zero-order chi connectivity index (χ0) is 16.0. The Hall–Kier alpha value is 1.48. The van der Waals surface area contributed by atoms with Crippen LogP contribution in [0.3, 0.4) is 0 Å². The summed E-state index contributed by atoms with van der Waals surface area (Å²) in [4.78, 5) is 4.15. The fraction of sp³-hybridized carbons (Fsp3) is 0.857. The number of rotatable bonds is 8. The summed E-state index contributed by atoms with van der Waals surface area (Å²) in [7, 11) is 0. The van der Waals surface area contributed by atoms with Crippen molar-refractivity contribution >= 4 is 96.1 Å². The van der Waals surface area contributed by atoms with Crippen molar-refractivity contribution in [3.05, 3.63) is 0 Å². The maximum Gasteiger partial charge on any atom is 2.00 e. The molecule has 0 aromatic carbocycles. The van der Waals surface area contributed by atoms with Gasteiger partial charge in [-0.15, -0.1) is 0 Å². The van der Waals surface area contributed by atoms with Gasteiger partial charge in [-0.1, -0.05) is 36.3 Å². The Kier molecular flexibility index (Phi) is 25.4. The molecule has 0 heterocycles. The summed E-state index contributed by atoms with van der Waals surface area (Å²) in [5.41, 5.74) is 0. The molecule has 0 saturated heterocycles. The minimum absolute atomic E-state index is 0. The third-order valence-electron chi connectivity index (χ3n) is 2.49. The fourth-order valence-corrected chi connectivity index (χ4v) is 2.40. The first-order valence-corrected chi connectivity index (χ1v) is 8.99. The van der Waals surface area contributed by atoms with Gasteiger partial charge in [0.25, 0.3) is 0 Å². The van der Waals surface area contributed by atoms with E-state index in [9.17, 15) is 0 Å². The molecule has 0 aromatic heterocycles. The van der Waals surface area contributed by atoms with Gasteiger partial charge in [0, 0.05) is 26.2 Å². The van der Waals surface area contributed by atoms with E-state index >= 15 is 0 Å². The molecule has 0 N–H and O–H groups in total. The number of thiocarbonyl (C=S) groups is 2. The molecule has 0 atom stereocenters. The van der Waals surface area contributed by atoms with Gasteiger partial charge in [-0.3, -0.25) is 0 Å². The fourth-order valence-electron chi connectivity index (χ4n) is 1.67. The van der Waals surface area contributed by atoms with Crippen LogP contribution in [0.4, 0.5) is 0 Å². The van der Waals surface area contributed by atoms with Crippen LogP contribution in [0.25, 0.3) is 0 Å². The van der Waals surface area contributed by atoms with Crippen molar-refractivity contribution in [2.75, 3.05) is 26.2 Å². The smallest absolute Gasteiger partial charge is 0.411 e. The Bertz CT molecular complexity index is 227. The zero-order valence-electron chi connectivity index (χ0n) is 13.9. The maximum absolute atomic E-state index is 4.89. The summed E-state index contributed by atoms with van der Waals surface area (Å²) in [6.45, 7) is 12.6. The summed E-state index contributed by atoms with van der Waals surface area (Å²) in [5, 5.41) is 0. The third-order valence-corrected chi connectivity index (χ3v) is 3.52. The van der Waals surface area contributed by atoms with Crippen molar-refractivity contribution in [1.29, 1.82) is 0 Å². The standard InChI is InChI=1S/2C7H15NS2.Ca/c2*1-3-5-8(6-4-2)7(9)10;/h2*3-6H2,1-2H3,(H,9,10);/q;;+2/p-2. The summed E-state index contributed by atoms with van der Waals surface area (Å²) in [6.07, 6.45) is 4.49. The van der Waals surface area contributed by atoms with Crippen molar-refractivity contribution in [3.8, 4) is 0 Å². The average Bonchev–Trinajstić information content (AvgIpc) is 2.38. The molecule has 0 saturated carbocycles. The van der Waals surface area contributed by atoms with Gasteiger partial charge in [0.2, 0.25) is 0 Å². The molecule has 0 radical (unpaired) electrons. The van der Waals surface area contributed by atoms with Crippen molar-refractivity contribution in [3.63, 3.8) is 0 Å². The van der Waals surface area contributed by atoms with Crippen molar-refractivity contribution < 1.29 is 0 Å². The van der Waals surface area contributed by atoms with Crippen molar-refractivity contribution in [2.24, 2.45) is 0 Å². The molecule has 0 rings (SSSR count). The predicted octanol–water partition coefficient (Wildman–Crippen LogP) is 3.50. The van der Waals surface area contributed by atoms with Gasteiger partial charge >= 0.3 is 37.7 Å². The van der Waals surface area contributed by atoms with Gasteiger partial charge < -0.3 is 59.5 Å². The molecular weight excluding hydrogens is 365 g/mol. The maximum atomic E-state index is 4.89. The normalized spacial score (nSPS) is 8.95. The molecule has 0 aliphatic rings. The molecule has 0 spiro atoms. The van der Waals surface area contributed by atoms with Crippen LogP contribution in [0.1, 0.15) is 53.4 Å². The molecule has 0 fully saturated rings. The van der Waals surface area contributed by atoms with E-state index < -0.39 is 0 Å². The third kappa shape index (κ3) is 17.7. The summed E-state index contributed by atoms with van der Waals surface area (Å²) in [5.74, 6) is 0. The van der Waals surface area contributed by atoms with E-state index in [0.717, 1.165) is 51.9 Å². The van der Waals surface area contributed by atoms with Crippen LogP contribution in [-0.2, 0) is 25.3 Å². The van der Waals surface area contributed by atoms with Gasteiger partial charge in [0.15, 0.2) is 0 Å². The summed E-state index contributed by atoms with van der Waals surface area (Å²) in [6, 6.07) is 0. The van der Waals surface area contributed by atoms with Crippen LogP contribution in [-0.4, -0.2) is 82.4 Å². The minimum Gasteiger partial charge on any atom is -0.411 e. The second-order valence-corrected chi connectivity index (χ2v) is 6.57. The quantitative estimate of drug-likeness (QED) is 0.352.